The maximum Gasteiger partial charge on any atom is 0.350 e. The molecular formula is C17H17N3O3S. The molecular weight excluding hydrogens is 326 g/mol. The molecule has 0 fully saturated rings. The summed E-state index contributed by atoms with van der Waals surface area (Å²) >= 11 is 1.28. The first-order valence-electron chi connectivity index (χ1n) is 7.49. The van der Waals surface area contributed by atoms with E-state index in [0.29, 0.717) is 27.7 Å². The molecule has 3 aromatic rings. The molecule has 1 aromatic carbocycles. The Labute approximate surface area is 142 Å². The largest absolute Gasteiger partial charge is 0.462 e. The van der Waals surface area contributed by atoms with E-state index in [0.717, 1.165) is 22.2 Å². The minimum Gasteiger partial charge on any atom is -0.462 e. The molecule has 0 bridgehead atoms. The maximum absolute atomic E-state index is 12.0. The van der Waals surface area contributed by atoms with E-state index in [1.807, 2.05) is 25.1 Å². The van der Waals surface area contributed by atoms with Gasteiger partial charge in [-0.05, 0) is 39.0 Å². The molecule has 6 nitrogen and oxygen atoms in total. The van der Waals surface area contributed by atoms with Gasteiger partial charge >= 0.3 is 5.97 Å². The van der Waals surface area contributed by atoms with Crippen molar-refractivity contribution >= 4 is 34.1 Å². The summed E-state index contributed by atoms with van der Waals surface area (Å²) in [5.41, 5.74) is 8.99. The molecule has 0 aliphatic heterocycles. The van der Waals surface area contributed by atoms with Gasteiger partial charge in [0, 0.05) is 22.2 Å². The standard InChI is InChI=1S/C17H17N3O3S/c1-4-23-17(22)14-9(3)20-16(24-14)10-5-6-12-11(7-10)13(15(18)21)8(2)19-12/h5-7,19H,4H2,1-3H3,(H2,18,21). The van der Waals surface area contributed by atoms with Crippen LogP contribution in [0.25, 0.3) is 21.5 Å². The van der Waals surface area contributed by atoms with Crippen LogP contribution >= 0.6 is 11.3 Å². The number of nitrogens with one attached hydrogen (secondary N) is 1. The number of nitrogens with zero attached hydrogens (tertiary/aromatic N) is 1. The fourth-order valence-corrected chi connectivity index (χ4v) is 3.64. The highest BCUT2D eigenvalue weighted by molar-refractivity contribution is 7.17. The number of nitrogens with two attached hydrogens (primary N) is 1. The molecule has 7 heteroatoms. The second-order valence-corrected chi connectivity index (χ2v) is 6.40. The number of fused-ring (bicyclic) bond motifs is 1. The molecule has 1 amide bonds. The number of hydrogen-bond donors (Lipinski definition) is 2. The summed E-state index contributed by atoms with van der Waals surface area (Å²) in [5.74, 6) is -0.839. The molecule has 24 heavy (non-hydrogen) atoms. The summed E-state index contributed by atoms with van der Waals surface area (Å²) in [5, 5.41) is 1.45. The van der Waals surface area contributed by atoms with Gasteiger partial charge in [-0.2, -0.15) is 0 Å². The fraction of sp³-hybridized carbons (Fsp3) is 0.235. The van der Waals surface area contributed by atoms with E-state index in [2.05, 4.69) is 9.97 Å². The van der Waals surface area contributed by atoms with Crippen LogP contribution in [0.4, 0.5) is 0 Å². The number of amides is 1. The summed E-state index contributed by atoms with van der Waals surface area (Å²) < 4.78 is 5.05. The van der Waals surface area contributed by atoms with Crippen molar-refractivity contribution in [3.8, 4) is 10.6 Å². The number of aromatic nitrogens is 2. The summed E-state index contributed by atoms with van der Waals surface area (Å²) in [7, 11) is 0. The molecule has 0 spiro atoms. The van der Waals surface area contributed by atoms with Gasteiger partial charge in [0.2, 0.25) is 0 Å². The van der Waals surface area contributed by atoms with Gasteiger partial charge in [0.15, 0.2) is 0 Å². The van der Waals surface area contributed by atoms with Crippen molar-refractivity contribution in [2.45, 2.75) is 20.8 Å². The lowest BCUT2D eigenvalue weighted by Crippen LogP contribution is -2.11. The van der Waals surface area contributed by atoms with Crippen molar-refractivity contribution < 1.29 is 14.3 Å². The van der Waals surface area contributed by atoms with E-state index in [1.54, 1.807) is 13.8 Å². The van der Waals surface area contributed by atoms with Gasteiger partial charge < -0.3 is 15.5 Å². The number of ether oxygens (including phenoxy) is 1. The van der Waals surface area contributed by atoms with Gasteiger partial charge in [0.1, 0.15) is 9.88 Å². The minimum atomic E-state index is -0.474. The topological polar surface area (TPSA) is 98.1 Å². The maximum atomic E-state index is 12.0. The first-order chi connectivity index (χ1) is 11.4. The number of thiazole rings is 1. The molecule has 3 N–H and O–H groups in total. The summed E-state index contributed by atoms with van der Waals surface area (Å²) in [6.45, 7) is 5.68. The van der Waals surface area contributed by atoms with Crippen LogP contribution in [-0.4, -0.2) is 28.5 Å². The Morgan fingerprint density at radius 3 is 2.75 bits per heavy atom. The number of carbonyl (C=O) groups is 2. The van der Waals surface area contributed by atoms with E-state index in [1.165, 1.54) is 11.3 Å². The molecule has 0 saturated carbocycles. The molecule has 2 heterocycles. The zero-order valence-electron chi connectivity index (χ0n) is 13.6. The molecule has 2 aromatic heterocycles. The number of primary amides is 1. The predicted octanol–water partition coefficient (Wildman–Crippen LogP) is 3.18. The van der Waals surface area contributed by atoms with Crippen molar-refractivity contribution in [1.29, 1.82) is 0 Å². The average Bonchev–Trinajstić information content (AvgIpc) is 3.06. The third kappa shape index (κ3) is 2.67. The number of rotatable bonds is 4. The summed E-state index contributed by atoms with van der Waals surface area (Å²) in [6, 6.07) is 5.65. The van der Waals surface area contributed by atoms with E-state index in [-0.39, 0.29) is 5.97 Å². The summed E-state index contributed by atoms with van der Waals surface area (Å²) in [6.07, 6.45) is 0. The molecule has 0 aliphatic carbocycles. The minimum absolute atomic E-state index is 0.321. The number of benzene rings is 1. The molecule has 0 aliphatic rings. The SMILES string of the molecule is CCOC(=O)c1sc(-c2ccc3[nH]c(C)c(C(N)=O)c3c2)nc1C. The van der Waals surface area contributed by atoms with Crippen LogP contribution in [0.5, 0.6) is 0 Å². The first kappa shape index (κ1) is 16.2. The smallest absolute Gasteiger partial charge is 0.350 e. The number of H-pyrrole nitrogens is 1. The zero-order chi connectivity index (χ0) is 17.4. The molecule has 0 radical (unpaired) electrons. The Morgan fingerprint density at radius 2 is 2.08 bits per heavy atom. The van der Waals surface area contributed by atoms with E-state index < -0.39 is 5.91 Å². The fourth-order valence-electron chi connectivity index (χ4n) is 2.68. The second kappa shape index (κ2) is 6.09. The second-order valence-electron chi connectivity index (χ2n) is 5.40. The molecule has 3 rings (SSSR count). The molecule has 0 saturated heterocycles. The van der Waals surface area contributed by atoms with Crippen LogP contribution < -0.4 is 5.73 Å². The van der Waals surface area contributed by atoms with Crippen molar-refractivity contribution in [2.75, 3.05) is 6.61 Å². The highest BCUT2D eigenvalue weighted by Crippen LogP contribution is 2.32. The molecule has 0 unspecified atom stereocenters. The first-order valence-corrected chi connectivity index (χ1v) is 8.31. The number of carbonyl (C=O) groups excluding carboxylic acids is 2. The van der Waals surface area contributed by atoms with Crippen LogP contribution in [-0.2, 0) is 4.74 Å². The van der Waals surface area contributed by atoms with Crippen LogP contribution in [0.3, 0.4) is 0 Å². The highest BCUT2D eigenvalue weighted by Gasteiger charge is 2.19. The lowest BCUT2D eigenvalue weighted by Gasteiger charge is -1.99. The Bertz CT molecular complexity index is 956. The quantitative estimate of drug-likeness (QED) is 0.711. The van der Waals surface area contributed by atoms with Crippen LogP contribution in [0, 0.1) is 13.8 Å². The monoisotopic (exact) mass is 343 g/mol. The van der Waals surface area contributed by atoms with Gasteiger partial charge in [-0.15, -0.1) is 11.3 Å². The van der Waals surface area contributed by atoms with Gasteiger partial charge in [-0.3, -0.25) is 4.79 Å². The Morgan fingerprint density at radius 1 is 1.33 bits per heavy atom. The lowest BCUT2D eigenvalue weighted by atomic mass is 10.1. The number of esters is 1. The lowest BCUT2D eigenvalue weighted by molar-refractivity contribution is 0.0531. The average molecular weight is 343 g/mol. The number of hydrogen-bond acceptors (Lipinski definition) is 5. The van der Waals surface area contributed by atoms with Crippen molar-refractivity contribution in [2.24, 2.45) is 5.73 Å². The van der Waals surface area contributed by atoms with Crippen molar-refractivity contribution in [1.82, 2.24) is 9.97 Å². The zero-order valence-corrected chi connectivity index (χ0v) is 14.4. The van der Waals surface area contributed by atoms with E-state index in [4.69, 9.17) is 10.5 Å². The molecule has 124 valence electrons. The van der Waals surface area contributed by atoms with Gasteiger partial charge in [-0.1, -0.05) is 0 Å². The molecule has 0 atom stereocenters. The van der Waals surface area contributed by atoms with Crippen molar-refractivity contribution in [3.05, 3.63) is 40.0 Å². The number of aromatic amines is 1. The summed E-state index contributed by atoms with van der Waals surface area (Å²) in [4.78, 5) is 31.7. The van der Waals surface area contributed by atoms with Crippen LogP contribution in [0.15, 0.2) is 18.2 Å². The number of aryl methyl sites for hydroxylation is 2. The highest BCUT2D eigenvalue weighted by atomic mass is 32.1. The Balaban J connectivity index is 2.10. The van der Waals surface area contributed by atoms with Gasteiger partial charge in [0.25, 0.3) is 5.91 Å². The van der Waals surface area contributed by atoms with E-state index in [9.17, 15) is 9.59 Å². The Hall–Kier alpha value is -2.67. The third-order valence-electron chi connectivity index (χ3n) is 3.74. The van der Waals surface area contributed by atoms with Gasteiger partial charge in [-0.25, -0.2) is 9.78 Å². The normalized spacial score (nSPS) is 11.0. The van der Waals surface area contributed by atoms with Gasteiger partial charge in [0.05, 0.1) is 17.9 Å². The van der Waals surface area contributed by atoms with E-state index >= 15 is 0 Å². The van der Waals surface area contributed by atoms with Crippen LogP contribution in [0.2, 0.25) is 0 Å². The van der Waals surface area contributed by atoms with Crippen molar-refractivity contribution in [3.63, 3.8) is 0 Å². The predicted molar refractivity (Wildman–Crippen MR) is 93.4 cm³/mol. The Kier molecular flexibility index (Phi) is 4.11. The van der Waals surface area contributed by atoms with Crippen LogP contribution in [0.1, 0.15) is 38.3 Å². The third-order valence-corrected chi connectivity index (χ3v) is 4.92.